The molecule has 0 unspecified atom stereocenters. The summed E-state index contributed by atoms with van der Waals surface area (Å²) in [5.41, 5.74) is 3.27. The monoisotopic (exact) mass is 335 g/mol. The highest BCUT2D eigenvalue weighted by molar-refractivity contribution is 6.17. The summed E-state index contributed by atoms with van der Waals surface area (Å²) < 4.78 is 2.23. The molecule has 5 aromatic rings. The first-order chi connectivity index (χ1) is 12.8. The first-order valence-corrected chi connectivity index (χ1v) is 8.66. The van der Waals surface area contributed by atoms with Crippen molar-refractivity contribution in [2.45, 2.75) is 0 Å². The largest absolute Gasteiger partial charge is 0.343 e. The van der Waals surface area contributed by atoms with Crippen LogP contribution < -0.4 is 0 Å². The molecule has 0 spiro atoms. The highest BCUT2D eigenvalue weighted by atomic mass is 14.9. The number of para-hydroxylation sites is 1. The van der Waals surface area contributed by atoms with Crippen LogP contribution in [0.1, 0.15) is 0 Å². The van der Waals surface area contributed by atoms with E-state index in [2.05, 4.69) is 77.3 Å². The van der Waals surface area contributed by atoms with Crippen LogP contribution in [0, 0.1) is 0 Å². The Balaban J connectivity index is 2.31. The molecule has 3 aromatic heterocycles. The van der Waals surface area contributed by atoms with Gasteiger partial charge in [0.25, 0.3) is 0 Å². The molecule has 3 heterocycles. The predicted molar refractivity (Wildman–Crippen MR) is 109 cm³/mol. The van der Waals surface area contributed by atoms with E-state index in [4.69, 9.17) is 4.98 Å². The molecule has 26 heavy (non-hydrogen) atoms. The number of hydrogen-bond donors (Lipinski definition) is 0. The van der Waals surface area contributed by atoms with E-state index in [0.717, 1.165) is 32.7 Å². The third kappa shape index (κ3) is 2.14. The minimum absolute atomic E-state index is 1.00. The number of aryl methyl sites for hydroxylation is 1. The van der Waals surface area contributed by atoms with E-state index in [9.17, 15) is 0 Å². The Morgan fingerprint density at radius 1 is 0.615 bits per heavy atom. The minimum atomic E-state index is 1.00. The van der Waals surface area contributed by atoms with Gasteiger partial charge >= 0.3 is 0 Å². The quantitative estimate of drug-likeness (QED) is 0.371. The van der Waals surface area contributed by atoms with Crippen molar-refractivity contribution in [1.82, 2.24) is 14.5 Å². The number of hydrogen-bond acceptors (Lipinski definition) is 2. The standard InChI is InChI=1S/C23H17N3/c1-26-21-11-5-4-9-19(21)23-18(10-6-13-25-23)16-7-2-3-8-17(16)20-15-24-14-12-22(20)26/h2-15H,1H3. The van der Waals surface area contributed by atoms with Crippen LogP contribution in [0.15, 0.2) is 85.3 Å². The van der Waals surface area contributed by atoms with Gasteiger partial charge in [-0.2, -0.15) is 0 Å². The predicted octanol–water partition coefficient (Wildman–Crippen LogP) is 5.55. The molecule has 0 aliphatic heterocycles. The zero-order valence-electron chi connectivity index (χ0n) is 14.4. The third-order valence-electron chi connectivity index (χ3n) is 5.00. The van der Waals surface area contributed by atoms with Crippen molar-refractivity contribution in [3.63, 3.8) is 0 Å². The first kappa shape index (κ1) is 14.8. The number of nitrogens with zero attached hydrogens (tertiary/aromatic N) is 3. The van der Waals surface area contributed by atoms with Crippen LogP contribution in [0.3, 0.4) is 0 Å². The van der Waals surface area contributed by atoms with E-state index in [1.807, 2.05) is 24.7 Å². The topological polar surface area (TPSA) is 30.7 Å². The molecule has 5 rings (SSSR count). The van der Waals surface area contributed by atoms with Crippen LogP contribution >= 0.6 is 0 Å². The molecule has 124 valence electrons. The van der Waals surface area contributed by atoms with Crippen LogP contribution in [0.2, 0.25) is 0 Å². The van der Waals surface area contributed by atoms with Crippen molar-refractivity contribution >= 4 is 43.5 Å². The van der Waals surface area contributed by atoms with Crippen molar-refractivity contribution < 1.29 is 0 Å². The Morgan fingerprint density at radius 2 is 1.27 bits per heavy atom. The molecular weight excluding hydrogens is 318 g/mol. The molecule has 0 amide bonds. The molecule has 0 aliphatic carbocycles. The molecule has 0 atom stereocenters. The van der Waals surface area contributed by atoms with Crippen LogP contribution in [-0.2, 0) is 7.05 Å². The lowest BCUT2D eigenvalue weighted by Gasteiger charge is -2.06. The lowest BCUT2D eigenvalue weighted by molar-refractivity contribution is 1.00. The molecule has 0 bridgehead atoms. The van der Waals surface area contributed by atoms with E-state index in [1.54, 1.807) is 0 Å². The molecule has 0 radical (unpaired) electrons. The SMILES string of the molecule is Cn1c2ccncc2c2ccccc2c2cccnc2c2ccccc21. The van der Waals surface area contributed by atoms with Crippen molar-refractivity contribution in [1.29, 1.82) is 0 Å². The maximum Gasteiger partial charge on any atom is 0.0801 e. The van der Waals surface area contributed by atoms with Gasteiger partial charge in [-0.05, 0) is 29.0 Å². The fourth-order valence-corrected chi connectivity index (χ4v) is 3.77. The van der Waals surface area contributed by atoms with Gasteiger partial charge in [-0.15, -0.1) is 0 Å². The molecule has 0 N–H and O–H groups in total. The van der Waals surface area contributed by atoms with E-state index in [0.29, 0.717) is 0 Å². The Hall–Kier alpha value is -3.46. The average molecular weight is 335 g/mol. The van der Waals surface area contributed by atoms with Gasteiger partial charge in [0.2, 0.25) is 0 Å². The van der Waals surface area contributed by atoms with E-state index < -0.39 is 0 Å². The highest BCUT2D eigenvalue weighted by Gasteiger charge is 2.07. The van der Waals surface area contributed by atoms with Gasteiger partial charge in [0.15, 0.2) is 0 Å². The zero-order valence-corrected chi connectivity index (χ0v) is 14.4. The van der Waals surface area contributed by atoms with Crippen molar-refractivity contribution in [3.05, 3.63) is 85.3 Å². The van der Waals surface area contributed by atoms with Gasteiger partial charge in [-0.3, -0.25) is 9.97 Å². The van der Waals surface area contributed by atoms with Gasteiger partial charge in [0.1, 0.15) is 0 Å². The molecule has 0 saturated carbocycles. The molecule has 0 fully saturated rings. The Morgan fingerprint density at radius 3 is 2.12 bits per heavy atom. The van der Waals surface area contributed by atoms with Crippen molar-refractivity contribution in [2.75, 3.05) is 0 Å². The highest BCUT2D eigenvalue weighted by Crippen LogP contribution is 2.30. The van der Waals surface area contributed by atoms with Crippen LogP contribution in [0.4, 0.5) is 0 Å². The fourth-order valence-electron chi connectivity index (χ4n) is 3.77. The summed E-state index contributed by atoms with van der Waals surface area (Å²) in [6, 6.07) is 23.2. The number of pyridine rings is 2. The third-order valence-corrected chi connectivity index (χ3v) is 5.00. The lowest BCUT2D eigenvalue weighted by atomic mass is 10.0. The second-order valence-electron chi connectivity index (χ2n) is 6.41. The maximum absolute atomic E-state index is 4.76. The summed E-state index contributed by atoms with van der Waals surface area (Å²) in [6.07, 6.45) is 5.67. The van der Waals surface area contributed by atoms with Gasteiger partial charge in [-0.1, -0.05) is 48.5 Å². The Kier molecular flexibility index (Phi) is 3.32. The fraction of sp³-hybridized carbons (Fsp3) is 0.0435. The maximum atomic E-state index is 4.76. The molecule has 3 heteroatoms. The van der Waals surface area contributed by atoms with Gasteiger partial charge in [0.05, 0.1) is 16.6 Å². The smallest absolute Gasteiger partial charge is 0.0801 e. The normalized spacial score (nSPS) is 11.3. The average Bonchev–Trinajstić information content (AvgIpc) is 2.76. The molecule has 0 aliphatic rings. The minimum Gasteiger partial charge on any atom is -0.343 e. The van der Waals surface area contributed by atoms with Crippen LogP contribution in [0.5, 0.6) is 0 Å². The van der Waals surface area contributed by atoms with E-state index in [-0.39, 0.29) is 0 Å². The number of aromatic nitrogens is 3. The summed E-state index contributed by atoms with van der Waals surface area (Å²) >= 11 is 0. The van der Waals surface area contributed by atoms with Crippen molar-refractivity contribution in [3.8, 4) is 0 Å². The summed E-state index contributed by atoms with van der Waals surface area (Å²) in [5.74, 6) is 0. The number of benzene rings is 2. The Bertz CT molecular complexity index is 1240. The molecule has 3 nitrogen and oxygen atoms in total. The lowest BCUT2D eigenvalue weighted by Crippen LogP contribution is -1.93. The summed E-state index contributed by atoms with van der Waals surface area (Å²) in [4.78, 5) is 9.16. The van der Waals surface area contributed by atoms with E-state index in [1.165, 1.54) is 10.8 Å². The second kappa shape index (κ2) is 5.81. The van der Waals surface area contributed by atoms with Crippen molar-refractivity contribution in [2.24, 2.45) is 7.05 Å². The van der Waals surface area contributed by atoms with Gasteiger partial charge in [-0.25, -0.2) is 0 Å². The van der Waals surface area contributed by atoms with Crippen LogP contribution in [-0.4, -0.2) is 14.5 Å². The van der Waals surface area contributed by atoms with Gasteiger partial charge in [0, 0.05) is 41.8 Å². The van der Waals surface area contributed by atoms with Crippen LogP contribution in [0.25, 0.3) is 43.5 Å². The number of rotatable bonds is 0. The molecule has 0 saturated heterocycles. The Labute approximate surface area is 150 Å². The molecule has 2 aromatic carbocycles. The molecular formula is C23H17N3. The summed E-state index contributed by atoms with van der Waals surface area (Å²) in [6.45, 7) is 0. The van der Waals surface area contributed by atoms with E-state index >= 15 is 0 Å². The number of fused-ring (bicyclic) bond motifs is 7. The summed E-state index contributed by atoms with van der Waals surface area (Å²) in [7, 11) is 2.11. The first-order valence-electron chi connectivity index (χ1n) is 8.66. The zero-order chi connectivity index (χ0) is 17.5. The van der Waals surface area contributed by atoms with Gasteiger partial charge < -0.3 is 4.57 Å². The second-order valence-corrected chi connectivity index (χ2v) is 6.41. The summed E-state index contributed by atoms with van der Waals surface area (Å²) in [5, 5.41) is 5.74.